The fraction of sp³-hybridized carbons (Fsp3) is 0.0909. The van der Waals surface area contributed by atoms with Gasteiger partial charge in [-0.3, -0.25) is 9.78 Å². The molecule has 0 fully saturated rings. The minimum atomic E-state index is -1.21. The molecule has 2 heterocycles. The van der Waals surface area contributed by atoms with Crippen molar-refractivity contribution >= 4 is 33.9 Å². The number of aromatic nitrogens is 2. The fourth-order valence-electron chi connectivity index (χ4n) is 1.32. The van der Waals surface area contributed by atoms with Gasteiger partial charge in [0, 0.05) is 13.1 Å². The molecular formula is C11H9N3O3S. The van der Waals surface area contributed by atoms with Crippen LogP contribution in [-0.4, -0.2) is 26.8 Å². The van der Waals surface area contributed by atoms with Gasteiger partial charge in [0.05, 0.1) is 11.9 Å². The van der Waals surface area contributed by atoms with Gasteiger partial charge >= 0.3 is 5.97 Å². The van der Waals surface area contributed by atoms with Crippen LogP contribution < -0.4 is 5.32 Å². The molecule has 0 aliphatic heterocycles. The molecule has 0 atom stereocenters. The molecule has 0 bridgehead atoms. The van der Waals surface area contributed by atoms with Crippen molar-refractivity contribution < 1.29 is 14.7 Å². The highest BCUT2D eigenvalue weighted by Crippen LogP contribution is 2.26. The lowest BCUT2D eigenvalue weighted by Crippen LogP contribution is -2.03. The zero-order valence-corrected chi connectivity index (χ0v) is 10.2. The van der Waals surface area contributed by atoms with E-state index in [0.29, 0.717) is 10.8 Å². The van der Waals surface area contributed by atoms with E-state index in [2.05, 4.69) is 15.3 Å². The van der Waals surface area contributed by atoms with Crippen LogP contribution in [0.4, 0.5) is 10.8 Å². The molecule has 0 aliphatic rings. The maximum absolute atomic E-state index is 11.3. The van der Waals surface area contributed by atoms with E-state index in [9.17, 15) is 9.59 Å². The van der Waals surface area contributed by atoms with Crippen molar-refractivity contribution in [3.8, 4) is 0 Å². The molecular weight excluding hydrogens is 254 g/mol. The van der Waals surface area contributed by atoms with Crippen LogP contribution in [0.2, 0.25) is 0 Å². The number of aromatic carboxylic acids is 1. The molecule has 0 spiro atoms. The molecule has 0 amide bonds. The molecule has 0 saturated heterocycles. The van der Waals surface area contributed by atoms with E-state index in [1.807, 2.05) is 0 Å². The highest BCUT2D eigenvalue weighted by Gasteiger charge is 2.20. The number of ketones is 1. The molecule has 0 saturated carbocycles. The summed E-state index contributed by atoms with van der Waals surface area (Å²) in [5.74, 6) is -1.53. The first-order chi connectivity index (χ1) is 8.58. The van der Waals surface area contributed by atoms with Gasteiger partial charge in [-0.1, -0.05) is 11.3 Å². The van der Waals surface area contributed by atoms with Gasteiger partial charge in [0.1, 0.15) is 4.88 Å². The lowest BCUT2D eigenvalue weighted by atomic mass is 10.3. The van der Waals surface area contributed by atoms with Crippen molar-refractivity contribution in [2.75, 3.05) is 5.32 Å². The molecule has 7 heteroatoms. The highest BCUT2D eigenvalue weighted by atomic mass is 32.1. The number of hydrogen-bond acceptors (Lipinski definition) is 6. The first-order valence-corrected chi connectivity index (χ1v) is 5.81. The van der Waals surface area contributed by atoms with E-state index in [-0.39, 0.29) is 16.4 Å². The number of nitrogens with zero attached hydrogens (tertiary/aromatic N) is 2. The molecule has 2 aromatic heterocycles. The van der Waals surface area contributed by atoms with Gasteiger partial charge in [-0.2, -0.15) is 0 Å². The zero-order valence-electron chi connectivity index (χ0n) is 9.38. The highest BCUT2D eigenvalue weighted by molar-refractivity contribution is 7.17. The van der Waals surface area contributed by atoms with Gasteiger partial charge in [-0.15, -0.1) is 0 Å². The quantitative estimate of drug-likeness (QED) is 0.821. The Labute approximate surface area is 106 Å². The van der Waals surface area contributed by atoms with E-state index in [1.165, 1.54) is 6.92 Å². The third kappa shape index (κ3) is 2.51. The fourth-order valence-corrected chi connectivity index (χ4v) is 2.19. The Kier molecular flexibility index (Phi) is 3.33. The summed E-state index contributed by atoms with van der Waals surface area (Å²) in [5, 5.41) is 12.2. The Bertz CT molecular complexity index is 563. The lowest BCUT2D eigenvalue weighted by molar-refractivity contribution is 0.0687. The normalized spacial score (nSPS) is 10.1. The molecule has 2 N–H and O–H groups in total. The number of carbonyl (C=O) groups excluding carboxylic acids is 1. The summed E-state index contributed by atoms with van der Waals surface area (Å²) < 4.78 is 0. The molecule has 0 radical (unpaired) electrons. The van der Waals surface area contributed by atoms with Crippen LogP contribution in [0.3, 0.4) is 0 Å². The van der Waals surface area contributed by atoms with Crippen molar-refractivity contribution in [2.24, 2.45) is 0 Å². The largest absolute Gasteiger partial charge is 0.476 e. The second-order valence-electron chi connectivity index (χ2n) is 3.42. The molecule has 92 valence electrons. The number of hydrogen-bond donors (Lipinski definition) is 2. The lowest BCUT2D eigenvalue weighted by Gasteiger charge is -1.99. The van der Waals surface area contributed by atoms with E-state index >= 15 is 0 Å². The Balaban J connectivity index is 2.33. The molecule has 0 aliphatic carbocycles. The number of nitrogens with one attached hydrogen (secondary N) is 1. The summed E-state index contributed by atoms with van der Waals surface area (Å²) >= 11 is 1.01. The van der Waals surface area contributed by atoms with Gasteiger partial charge in [0.2, 0.25) is 0 Å². The summed E-state index contributed by atoms with van der Waals surface area (Å²) in [6.07, 6.45) is 3.20. The number of thiazole rings is 1. The number of rotatable bonds is 4. The van der Waals surface area contributed by atoms with Crippen LogP contribution in [0, 0.1) is 0 Å². The summed E-state index contributed by atoms with van der Waals surface area (Å²) in [5.41, 5.74) is 0.456. The van der Waals surface area contributed by atoms with Gasteiger partial charge in [-0.25, -0.2) is 9.78 Å². The first kappa shape index (κ1) is 12.2. The van der Waals surface area contributed by atoms with Crippen LogP contribution in [0.5, 0.6) is 0 Å². The Morgan fingerprint density at radius 2 is 2.22 bits per heavy atom. The van der Waals surface area contributed by atoms with Crippen LogP contribution in [0.15, 0.2) is 24.5 Å². The minimum Gasteiger partial charge on any atom is -0.476 e. The van der Waals surface area contributed by atoms with E-state index in [4.69, 9.17) is 5.11 Å². The molecule has 18 heavy (non-hydrogen) atoms. The monoisotopic (exact) mass is 263 g/mol. The number of Topliss-reactive ketones (excluding diaryl/α,β-unsaturated/α-hetero) is 1. The van der Waals surface area contributed by atoms with Crippen molar-refractivity contribution in [2.45, 2.75) is 6.92 Å². The maximum Gasteiger partial charge on any atom is 0.356 e. The zero-order chi connectivity index (χ0) is 13.1. The van der Waals surface area contributed by atoms with Gasteiger partial charge < -0.3 is 10.4 Å². The predicted molar refractivity (Wildman–Crippen MR) is 66.6 cm³/mol. The van der Waals surface area contributed by atoms with Crippen molar-refractivity contribution in [3.05, 3.63) is 35.1 Å². The molecule has 2 rings (SSSR count). The standard InChI is InChI=1S/C11H9N3O3S/c1-6(15)9-8(10(16)17)14-11(18-9)13-7-3-2-4-12-5-7/h2-5H,1H3,(H,13,14)(H,16,17). The second-order valence-corrected chi connectivity index (χ2v) is 4.42. The van der Waals surface area contributed by atoms with Gasteiger partial charge in [0.15, 0.2) is 16.6 Å². The SMILES string of the molecule is CC(=O)c1sc(Nc2cccnc2)nc1C(=O)O. The second kappa shape index (κ2) is 4.92. The summed E-state index contributed by atoms with van der Waals surface area (Å²) in [7, 11) is 0. The average Bonchev–Trinajstić information content (AvgIpc) is 2.74. The maximum atomic E-state index is 11.3. The minimum absolute atomic E-state index is 0.133. The first-order valence-electron chi connectivity index (χ1n) is 5.00. The number of carboxylic acids is 1. The predicted octanol–water partition coefficient (Wildman–Crippen LogP) is 2.18. The van der Waals surface area contributed by atoms with Crippen molar-refractivity contribution in [1.29, 1.82) is 0 Å². The molecule has 0 unspecified atom stereocenters. The molecule has 0 aromatic carbocycles. The van der Waals surface area contributed by atoms with Crippen molar-refractivity contribution in [1.82, 2.24) is 9.97 Å². The van der Waals surface area contributed by atoms with Crippen LogP contribution in [0.1, 0.15) is 27.1 Å². The molecule has 6 nitrogen and oxygen atoms in total. The third-order valence-electron chi connectivity index (χ3n) is 2.06. The topological polar surface area (TPSA) is 92.2 Å². The average molecular weight is 263 g/mol. The summed E-state index contributed by atoms with van der Waals surface area (Å²) in [4.78, 5) is 30.2. The Hall–Kier alpha value is -2.28. The van der Waals surface area contributed by atoms with Gasteiger partial charge in [-0.05, 0) is 12.1 Å². The summed E-state index contributed by atoms with van der Waals surface area (Å²) in [6.45, 7) is 1.31. The molecule has 2 aromatic rings. The van der Waals surface area contributed by atoms with E-state index < -0.39 is 5.97 Å². The van der Waals surface area contributed by atoms with Crippen LogP contribution >= 0.6 is 11.3 Å². The Morgan fingerprint density at radius 1 is 1.44 bits per heavy atom. The van der Waals surface area contributed by atoms with Crippen molar-refractivity contribution in [3.63, 3.8) is 0 Å². The Morgan fingerprint density at radius 3 is 2.72 bits per heavy atom. The number of carboxylic acid groups (broad SMARTS) is 1. The van der Waals surface area contributed by atoms with Gasteiger partial charge in [0.25, 0.3) is 0 Å². The number of anilines is 2. The smallest absolute Gasteiger partial charge is 0.356 e. The van der Waals surface area contributed by atoms with Crippen LogP contribution in [-0.2, 0) is 0 Å². The van der Waals surface area contributed by atoms with E-state index in [0.717, 1.165) is 11.3 Å². The number of pyridine rings is 1. The third-order valence-corrected chi connectivity index (χ3v) is 3.13. The van der Waals surface area contributed by atoms with Crippen LogP contribution in [0.25, 0.3) is 0 Å². The van der Waals surface area contributed by atoms with E-state index in [1.54, 1.807) is 24.5 Å². The number of carbonyl (C=O) groups is 2. The summed E-state index contributed by atoms with van der Waals surface area (Å²) in [6, 6.07) is 3.50.